The quantitative estimate of drug-likeness (QED) is 0.258. The highest BCUT2D eigenvalue weighted by molar-refractivity contribution is 9.10. The average molecular weight is 408 g/mol. The Bertz CT molecular complexity index is 838. The van der Waals surface area contributed by atoms with Gasteiger partial charge in [-0.25, -0.2) is 4.79 Å². The average Bonchev–Trinajstić information content (AvgIpc) is 2.60. The van der Waals surface area contributed by atoms with Gasteiger partial charge in [0.25, 0.3) is 5.69 Å². The third-order valence-corrected chi connectivity index (χ3v) is 3.97. The Balaban J connectivity index is 1.93. The van der Waals surface area contributed by atoms with Crippen LogP contribution in [0.3, 0.4) is 0 Å². The maximum absolute atomic E-state index is 11.7. The zero-order chi connectivity index (χ0) is 18.4. The number of rotatable bonds is 6. The number of nitrogens with zero attached hydrogens (tertiary/aromatic N) is 2. The summed E-state index contributed by atoms with van der Waals surface area (Å²) in [7, 11) is 0. The Morgan fingerprint density at radius 1 is 1.32 bits per heavy atom. The number of halogens is 1. The SMILES string of the molecule is Cc1cc(OCC(=O)O/N=C(\N)c2cccc([N+](=O)[O-])c2)ccc1Br. The molecule has 130 valence electrons. The number of nitro groups is 1. The summed E-state index contributed by atoms with van der Waals surface area (Å²) in [5.74, 6) is -0.404. The summed E-state index contributed by atoms with van der Waals surface area (Å²) in [6.07, 6.45) is 0. The second-order valence-electron chi connectivity index (χ2n) is 4.95. The molecule has 0 radical (unpaired) electrons. The van der Waals surface area contributed by atoms with E-state index in [1.807, 2.05) is 6.92 Å². The van der Waals surface area contributed by atoms with Crippen molar-refractivity contribution in [3.8, 4) is 5.75 Å². The molecule has 2 N–H and O–H groups in total. The van der Waals surface area contributed by atoms with E-state index >= 15 is 0 Å². The van der Waals surface area contributed by atoms with E-state index in [1.54, 1.807) is 18.2 Å². The number of hydrogen-bond acceptors (Lipinski definition) is 6. The largest absolute Gasteiger partial charge is 0.482 e. The summed E-state index contributed by atoms with van der Waals surface area (Å²) in [6, 6.07) is 10.8. The summed E-state index contributed by atoms with van der Waals surface area (Å²) >= 11 is 3.37. The Morgan fingerprint density at radius 3 is 2.76 bits per heavy atom. The molecule has 0 bridgehead atoms. The van der Waals surface area contributed by atoms with Gasteiger partial charge in [-0.05, 0) is 30.7 Å². The lowest BCUT2D eigenvalue weighted by Gasteiger charge is -2.06. The Hall–Kier alpha value is -2.94. The Kier molecular flexibility index (Phi) is 6.07. The highest BCUT2D eigenvalue weighted by Crippen LogP contribution is 2.21. The minimum Gasteiger partial charge on any atom is -0.482 e. The van der Waals surface area contributed by atoms with Crippen molar-refractivity contribution >= 4 is 33.4 Å². The molecule has 2 rings (SSSR count). The van der Waals surface area contributed by atoms with Crippen molar-refractivity contribution in [3.05, 3.63) is 68.2 Å². The van der Waals surface area contributed by atoms with Crippen LogP contribution in [-0.4, -0.2) is 23.3 Å². The number of amidine groups is 1. The molecule has 25 heavy (non-hydrogen) atoms. The maximum atomic E-state index is 11.7. The number of carbonyl (C=O) groups is 1. The lowest BCUT2D eigenvalue weighted by molar-refractivity contribution is -0.384. The molecule has 0 saturated carbocycles. The Morgan fingerprint density at radius 2 is 2.08 bits per heavy atom. The monoisotopic (exact) mass is 407 g/mol. The van der Waals surface area contributed by atoms with Crippen LogP contribution < -0.4 is 10.5 Å². The van der Waals surface area contributed by atoms with E-state index in [2.05, 4.69) is 25.9 Å². The molecule has 0 amide bonds. The second kappa shape index (κ2) is 8.25. The number of carbonyl (C=O) groups excluding carboxylic acids is 1. The number of nitro benzene ring substituents is 1. The van der Waals surface area contributed by atoms with E-state index < -0.39 is 10.9 Å². The lowest BCUT2D eigenvalue weighted by Crippen LogP contribution is -2.18. The van der Waals surface area contributed by atoms with Gasteiger partial charge in [0, 0.05) is 22.2 Å². The van der Waals surface area contributed by atoms with E-state index in [0.29, 0.717) is 5.75 Å². The first kappa shape index (κ1) is 18.4. The lowest BCUT2D eigenvalue weighted by atomic mass is 10.2. The summed E-state index contributed by atoms with van der Waals surface area (Å²) in [6.45, 7) is 1.53. The van der Waals surface area contributed by atoms with Crippen molar-refractivity contribution in [2.45, 2.75) is 6.92 Å². The number of non-ortho nitro benzene ring substituents is 1. The van der Waals surface area contributed by atoms with Gasteiger partial charge in [0.15, 0.2) is 12.4 Å². The van der Waals surface area contributed by atoms with Crippen LogP contribution in [0.4, 0.5) is 5.69 Å². The van der Waals surface area contributed by atoms with Crippen molar-refractivity contribution in [2.75, 3.05) is 6.61 Å². The van der Waals surface area contributed by atoms with Gasteiger partial charge in [-0.15, -0.1) is 0 Å². The molecule has 8 nitrogen and oxygen atoms in total. The summed E-state index contributed by atoms with van der Waals surface area (Å²) in [5.41, 5.74) is 6.74. The van der Waals surface area contributed by atoms with Crippen LogP contribution >= 0.6 is 15.9 Å². The maximum Gasteiger partial charge on any atom is 0.372 e. The number of benzene rings is 2. The van der Waals surface area contributed by atoms with Crippen molar-refractivity contribution < 1.29 is 19.3 Å². The standard InChI is InChI=1S/C16H14BrN3O5/c1-10-7-13(5-6-14(10)17)24-9-15(21)25-19-16(18)11-3-2-4-12(8-11)20(22)23/h2-8H,9H2,1H3,(H2,18,19). The molecule has 0 heterocycles. The fourth-order valence-corrected chi connectivity index (χ4v) is 2.05. The van der Waals surface area contributed by atoms with Gasteiger partial charge >= 0.3 is 5.97 Å². The van der Waals surface area contributed by atoms with Crippen LogP contribution in [0.2, 0.25) is 0 Å². The van der Waals surface area contributed by atoms with Crippen molar-refractivity contribution in [1.29, 1.82) is 0 Å². The van der Waals surface area contributed by atoms with E-state index in [1.165, 1.54) is 24.3 Å². The van der Waals surface area contributed by atoms with Gasteiger partial charge in [0.2, 0.25) is 0 Å². The predicted octanol–water partition coefficient (Wildman–Crippen LogP) is 2.91. The van der Waals surface area contributed by atoms with E-state index in [9.17, 15) is 14.9 Å². The van der Waals surface area contributed by atoms with E-state index in [0.717, 1.165) is 10.0 Å². The van der Waals surface area contributed by atoms with Crippen molar-refractivity contribution in [1.82, 2.24) is 0 Å². The van der Waals surface area contributed by atoms with E-state index in [4.69, 9.17) is 10.5 Å². The topological polar surface area (TPSA) is 117 Å². The van der Waals surface area contributed by atoms with Crippen LogP contribution in [0, 0.1) is 17.0 Å². The zero-order valence-electron chi connectivity index (χ0n) is 13.1. The normalized spacial score (nSPS) is 11.0. The third kappa shape index (κ3) is 5.28. The van der Waals surface area contributed by atoms with Gasteiger partial charge in [-0.2, -0.15) is 0 Å². The van der Waals surface area contributed by atoms with Crippen LogP contribution in [0.15, 0.2) is 52.1 Å². The summed E-state index contributed by atoms with van der Waals surface area (Å²) in [5, 5.41) is 14.2. The van der Waals surface area contributed by atoms with Crippen LogP contribution in [0.25, 0.3) is 0 Å². The molecular weight excluding hydrogens is 394 g/mol. The van der Waals surface area contributed by atoms with Crippen LogP contribution in [0.5, 0.6) is 5.75 Å². The summed E-state index contributed by atoms with van der Waals surface area (Å²) < 4.78 is 6.22. The molecule has 0 aromatic heterocycles. The molecule has 0 aliphatic rings. The number of oxime groups is 1. The zero-order valence-corrected chi connectivity index (χ0v) is 14.7. The summed E-state index contributed by atoms with van der Waals surface area (Å²) in [4.78, 5) is 26.5. The minimum atomic E-state index is -0.756. The molecular formula is C16H14BrN3O5. The highest BCUT2D eigenvalue weighted by Gasteiger charge is 2.10. The number of ether oxygens (including phenoxy) is 1. The number of nitrogens with two attached hydrogens (primary N) is 1. The first-order valence-corrected chi connectivity index (χ1v) is 7.83. The van der Waals surface area contributed by atoms with Gasteiger partial charge in [-0.1, -0.05) is 33.2 Å². The van der Waals surface area contributed by atoms with E-state index in [-0.39, 0.29) is 23.7 Å². The first-order valence-electron chi connectivity index (χ1n) is 7.04. The molecule has 2 aromatic carbocycles. The molecule has 0 saturated heterocycles. The van der Waals surface area contributed by atoms with Gasteiger partial charge < -0.3 is 15.3 Å². The second-order valence-corrected chi connectivity index (χ2v) is 5.80. The molecule has 0 aliphatic heterocycles. The fraction of sp³-hybridized carbons (Fsp3) is 0.125. The minimum absolute atomic E-state index is 0.143. The van der Waals surface area contributed by atoms with Crippen LogP contribution in [-0.2, 0) is 9.63 Å². The Labute approximate surface area is 151 Å². The van der Waals surface area contributed by atoms with Gasteiger partial charge in [0.1, 0.15) is 5.75 Å². The van der Waals surface area contributed by atoms with Crippen LogP contribution in [0.1, 0.15) is 11.1 Å². The van der Waals surface area contributed by atoms with Gasteiger partial charge in [-0.3, -0.25) is 10.1 Å². The molecule has 0 unspecified atom stereocenters. The van der Waals surface area contributed by atoms with Gasteiger partial charge in [0.05, 0.1) is 4.92 Å². The highest BCUT2D eigenvalue weighted by atomic mass is 79.9. The number of aryl methyl sites for hydroxylation is 1. The molecule has 2 aromatic rings. The number of hydrogen-bond donors (Lipinski definition) is 1. The predicted molar refractivity (Wildman–Crippen MR) is 94.3 cm³/mol. The molecule has 9 heteroatoms. The molecule has 0 atom stereocenters. The molecule has 0 fully saturated rings. The smallest absolute Gasteiger partial charge is 0.372 e. The molecule has 0 spiro atoms. The van der Waals surface area contributed by atoms with Crippen molar-refractivity contribution in [2.24, 2.45) is 10.9 Å². The van der Waals surface area contributed by atoms with Crippen molar-refractivity contribution in [3.63, 3.8) is 0 Å². The fourth-order valence-electron chi connectivity index (χ4n) is 1.81. The first-order chi connectivity index (χ1) is 11.9. The third-order valence-electron chi connectivity index (χ3n) is 3.08. The molecule has 0 aliphatic carbocycles.